The first-order chi connectivity index (χ1) is 6.81. The number of hydrogen-bond acceptors (Lipinski definition) is 3. The first-order valence-corrected chi connectivity index (χ1v) is 5.65. The summed E-state index contributed by atoms with van der Waals surface area (Å²) in [6.45, 7) is 2.13. The summed E-state index contributed by atoms with van der Waals surface area (Å²) in [5, 5.41) is 2.94. The lowest BCUT2D eigenvalue weighted by Crippen LogP contribution is -2.17. The van der Waals surface area contributed by atoms with Crippen molar-refractivity contribution in [3.63, 3.8) is 0 Å². The highest BCUT2D eigenvalue weighted by Crippen LogP contribution is 2.19. The van der Waals surface area contributed by atoms with Crippen molar-refractivity contribution < 1.29 is 4.79 Å². The minimum absolute atomic E-state index is 0.185. The molecule has 0 aliphatic carbocycles. The number of carbonyl (C=O) groups is 1. The van der Waals surface area contributed by atoms with Crippen LogP contribution in [0.1, 0.15) is 18.5 Å². The molecule has 0 heterocycles. The second-order valence-corrected chi connectivity index (χ2v) is 4.24. The summed E-state index contributed by atoms with van der Waals surface area (Å²) in [7, 11) is 1.79. The molecule has 0 saturated carbocycles. The minimum Gasteiger partial charge on any atom is -0.307 e. The summed E-state index contributed by atoms with van der Waals surface area (Å²) < 4.78 is 0. The van der Waals surface area contributed by atoms with Gasteiger partial charge in [0.15, 0.2) is 0 Å². The van der Waals surface area contributed by atoms with Gasteiger partial charge in [-0.2, -0.15) is 0 Å². The van der Waals surface area contributed by atoms with Gasteiger partial charge in [-0.3, -0.25) is 0 Å². The van der Waals surface area contributed by atoms with Crippen LogP contribution in [-0.4, -0.2) is 19.1 Å². The van der Waals surface area contributed by atoms with Crippen LogP contribution in [-0.2, 0) is 4.79 Å². The molecule has 0 saturated heterocycles. The van der Waals surface area contributed by atoms with E-state index in [4.69, 9.17) is 0 Å². The average molecular weight is 209 g/mol. The standard InChI is InChI=1S/C11H15NOS/c1-3-14-10-6-4-9(5-7-10)11(8-13)12-2/h4-8,11-12H,3H2,1-2H3. The molecule has 76 valence electrons. The van der Waals surface area contributed by atoms with E-state index in [1.54, 1.807) is 18.8 Å². The Morgan fingerprint density at radius 1 is 1.43 bits per heavy atom. The van der Waals surface area contributed by atoms with E-state index in [0.29, 0.717) is 0 Å². The highest BCUT2D eigenvalue weighted by atomic mass is 32.2. The first-order valence-electron chi connectivity index (χ1n) is 4.67. The largest absolute Gasteiger partial charge is 0.307 e. The van der Waals surface area contributed by atoms with Gasteiger partial charge in [0.25, 0.3) is 0 Å². The van der Waals surface area contributed by atoms with Crippen LogP contribution in [0.5, 0.6) is 0 Å². The Morgan fingerprint density at radius 2 is 2.07 bits per heavy atom. The maximum atomic E-state index is 10.7. The van der Waals surface area contributed by atoms with Gasteiger partial charge in [0.2, 0.25) is 0 Å². The normalized spacial score (nSPS) is 12.4. The van der Waals surface area contributed by atoms with E-state index in [1.165, 1.54) is 4.90 Å². The van der Waals surface area contributed by atoms with Crippen LogP contribution in [0.25, 0.3) is 0 Å². The fourth-order valence-corrected chi connectivity index (χ4v) is 1.91. The highest BCUT2D eigenvalue weighted by molar-refractivity contribution is 7.99. The van der Waals surface area contributed by atoms with Gasteiger partial charge in [-0.15, -0.1) is 11.8 Å². The van der Waals surface area contributed by atoms with Crippen LogP contribution in [0.3, 0.4) is 0 Å². The van der Waals surface area contributed by atoms with Crippen LogP contribution >= 0.6 is 11.8 Å². The van der Waals surface area contributed by atoms with Crippen LogP contribution in [0.2, 0.25) is 0 Å². The molecule has 2 nitrogen and oxygen atoms in total. The fourth-order valence-electron chi connectivity index (χ4n) is 1.25. The van der Waals surface area contributed by atoms with E-state index >= 15 is 0 Å². The Morgan fingerprint density at radius 3 is 2.50 bits per heavy atom. The third kappa shape index (κ3) is 2.86. The summed E-state index contributed by atoms with van der Waals surface area (Å²) in [5.41, 5.74) is 1.02. The van der Waals surface area contributed by atoms with Crippen molar-refractivity contribution in [2.75, 3.05) is 12.8 Å². The second kappa shape index (κ2) is 5.83. The Balaban J connectivity index is 2.76. The third-order valence-corrected chi connectivity index (χ3v) is 2.89. The molecule has 0 radical (unpaired) electrons. The van der Waals surface area contributed by atoms with Crippen molar-refractivity contribution in [3.8, 4) is 0 Å². The predicted octanol–water partition coefficient (Wildman–Crippen LogP) is 2.26. The molecule has 1 rings (SSSR count). The average Bonchev–Trinajstić information content (AvgIpc) is 2.23. The van der Waals surface area contributed by atoms with Crippen molar-refractivity contribution in [1.29, 1.82) is 0 Å². The lowest BCUT2D eigenvalue weighted by atomic mass is 10.1. The van der Waals surface area contributed by atoms with Crippen molar-refractivity contribution >= 4 is 18.0 Å². The molecule has 1 unspecified atom stereocenters. The Kier molecular flexibility index (Phi) is 4.70. The lowest BCUT2D eigenvalue weighted by Gasteiger charge is -2.09. The number of benzene rings is 1. The Hall–Kier alpha value is -0.800. The minimum atomic E-state index is -0.185. The smallest absolute Gasteiger partial charge is 0.141 e. The van der Waals surface area contributed by atoms with Crippen molar-refractivity contribution in [2.24, 2.45) is 0 Å². The number of rotatable bonds is 5. The molecule has 1 atom stereocenters. The quantitative estimate of drug-likeness (QED) is 0.596. The molecule has 3 heteroatoms. The topological polar surface area (TPSA) is 29.1 Å². The molecule has 0 amide bonds. The first kappa shape index (κ1) is 11.3. The third-order valence-electron chi connectivity index (χ3n) is 2.00. The van der Waals surface area contributed by atoms with Gasteiger partial charge in [-0.05, 0) is 30.5 Å². The SMILES string of the molecule is CCSc1ccc(C(C=O)NC)cc1. The van der Waals surface area contributed by atoms with Gasteiger partial charge >= 0.3 is 0 Å². The number of likely N-dealkylation sites (N-methyl/N-ethyl adjacent to an activating group) is 1. The van der Waals surface area contributed by atoms with E-state index in [2.05, 4.69) is 24.4 Å². The predicted molar refractivity (Wildman–Crippen MR) is 60.7 cm³/mol. The summed E-state index contributed by atoms with van der Waals surface area (Å²) >= 11 is 1.80. The number of thioether (sulfide) groups is 1. The van der Waals surface area contributed by atoms with E-state index in [0.717, 1.165) is 17.6 Å². The van der Waals surface area contributed by atoms with Gasteiger partial charge in [0, 0.05) is 4.90 Å². The summed E-state index contributed by atoms with van der Waals surface area (Å²) in [6.07, 6.45) is 0.919. The van der Waals surface area contributed by atoms with E-state index < -0.39 is 0 Å². The van der Waals surface area contributed by atoms with Crippen LogP contribution in [0.15, 0.2) is 29.2 Å². The van der Waals surface area contributed by atoms with E-state index in [9.17, 15) is 4.79 Å². The molecule has 0 fully saturated rings. The van der Waals surface area contributed by atoms with Crippen molar-refractivity contribution in [1.82, 2.24) is 5.32 Å². The van der Waals surface area contributed by atoms with Gasteiger partial charge in [-0.25, -0.2) is 0 Å². The van der Waals surface area contributed by atoms with Gasteiger partial charge in [-0.1, -0.05) is 19.1 Å². The summed E-state index contributed by atoms with van der Waals surface area (Å²) in [5.74, 6) is 1.07. The van der Waals surface area contributed by atoms with Crippen LogP contribution in [0, 0.1) is 0 Å². The summed E-state index contributed by atoms with van der Waals surface area (Å²) in [4.78, 5) is 11.9. The zero-order valence-electron chi connectivity index (χ0n) is 8.49. The molecule has 0 bridgehead atoms. The zero-order chi connectivity index (χ0) is 10.4. The second-order valence-electron chi connectivity index (χ2n) is 2.90. The summed E-state index contributed by atoms with van der Waals surface area (Å²) in [6, 6.07) is 7.91. The number of nitrogens with one attached hydrogen (secondary N) is 1. The Labute approximate surface area is 89.1 Å². The highest BCUT2D eigenvalue weighted by Gasteiger charge is 2.06. The van der Waals surface area contributed by atoms with Gasteiger partial charge < -0.3 is 10.1 Å². The monoisotopic (exact) mass is 209 g/mol. The maximum Gasteiger partial charge on any atom is 0.141 e. The zero-order valence-corrected chi connectivity index (χ0v) is 9.30. The Bertz CT molecular complexity index is 284. The molecule has 0 aromatic heterocycles. The molecular formula is C11H15NOS. The van der Waals surface area contributed by atoms with Gasteiger partial charge in [0.1, 0.15) is 6.29 Å². The number of carbonyl (C=O) groups excluding carboxylic acids is 1. The number of hydrogen-bond donors (Lipinski definition) is 1. The molecular weight excluding hydrogens is 194 g/mol. The van der Waals surface area contributed by atoms with Gasteiger partial charge in [0.05, 0.1) is 6.04 Å². The van der Waals surface area contributed by atoms with Crippen molar-refractivity contribution in [3.05, 3.63) is 29.8 Å². The molecule has 1 aromatic rings. The van der Waals surface area contributed by atoms with Crippen LogP contribution < -0.4 is 5.32 Å². The van der Waals surface area contributed by atoms with Crippen LogP contribution in [0.4, 0.5) is 0 Å². The van der Waals surface area contributed by atoms with E-state index in [1.807, 2.05) is 12.1 Å². The molecule has 0 spiro atoms. The number of aldehydes is 1. The lowest BCUT2D eigenvalue weighted by molar-refractivity contribution is -0.109. The molecule has 0 aliphatic rings. The maximum absolute atomic E-state index is 10.7. The molecule has 14 heavy (non-hydrogen) atoms. The molecule has 1 N–H and O–H groups in total. The van der Waals surface area contributed by atoms with E-state index in [-0.39, 0.29) is 6.04 Å². The van der Waals surface area contributed by atoms with Crippen molar-refractivity contribution in [2.45, 2.75) is 17.9 Å². The fraction of sp³-hybridized carbons (Fsp3) is 0.364. The molecule has 1 aromatic carbocycles. The molecule has 0 aliphatic heterocycles.